The lowest BCUT2D eigenvalue weighted by Gasteiger charge is -2.35. The Morgan fingerprint density at radius 2 is 0.381 bits per heavy atom. The molecular weight excluding hydrogens is 1800 g/mol. The summed E-state index contributed by atoms with van der Waals surface area (Å²) >= 11 is 0. The number of fused-ring (bicyclic) bond motifs is 9. The highest BCUT2D eigenvalue weighted by molar-refractivity contribution is 5.96. The lowest BCUT2D eigenvalue weighted by Crippen LogP contribution is -2.29. The van der Waals surface area contributed by atoms with E-state index in [9.17, 15) is 0 Å². The fourth-order valence-electron chi connectivity index (χ4n) is 23.0. The van der Waals surface area contributed by atoms with Gasteiger partial charge in [-0.05, 0) is 352 Å². The molecule has 698 valence electrons. The van der Waals surface area contributed by atoms with Crippen LogP contribution in [0.15, 0.2) is 559 Å². The van der Waals surface area contributed by atoms with Crippen molar-refractivity contribution in [1.29, 1.82) is 0 Å². The fourth-order valence-corrected chi connectivity index (χ4v) is 23.0. The Balaban J connectivity index is 0.534. The molecule has 0 spiro atoms. The SMILES string of the molecule is C=Cc1ccc(Oc2ccc(C3(c4cccc(F)c4)c4ccccc4-c4ccc(N(c5ccccc5)c5ccc(-c6ccc(N(c7ccccc7)c7ccc8c(c7)C(c7ccccc7)(c7ccccc7)c7cc(N(c9ccccc9)c9ccc(-c%10ccc(N(c%11ccccc%11)c%11ccc%12c(c%11)C(c%11ccc(Oc%13ccc(C=C)cc%13)cc%11)(c%11cccc(F)c%11)c%11ccccc%11-%12)cc%10)cc9)ccc7-8)cc6)cc5)cc43)cc2)cc1. The van der Waals surface area contributed by atoms with Crippen molar-refractivity contribution in [2.24, 2.45) is 0 Å². The molecule has 0 amide bonds. The Kier molecular flexibility index (Phi) is 23.0. The number of para-hydroxylation sites is 4. The first-order valence-corrected chi connectivity index (χ1v) is 49.8. The van der Waals surface area contributed by atoms with E-state index in [1.165, 1.54) is 23.3 Å². The van der Waals surface area contributed by atoms with Crippen LogP contribution < -0.4 is 29.1 Å². The predicted molar refractivity (Wildman–Crippen MR) is 601 cm³/mol. The normalized spacial score (nSPS) is 14.1. The zero-order valence-electron chi connectivity index (χ0n) is 80.4. The molecule has 0 heterocycles. The minimum absolute atomic E-state index is 0.306. The first kappa shape index (κ1) is 89.3. The van der Waals surface area contributed by atoms with Crippen LogP contribution in [0.5, 0.6) is 23.0 Å². The number of anilines is 12. The van der Waals surface area contributed by atoms with Crippen molar-refractivity contribution < 1.29 is 18.3 Å². The van der Waals surface area contributed by atoms with Crippen LogP contribution in [0, 0.1) is 11.6 Å². The maximum Gasteiger partial charge on any atom is 0.127 e. The topological polar surface area (TPSA) is 31.4 Å². The summed E-state index contributed by atoms with van der Waals surface area (Å²) in [7, 11) is 0. The van der Waals surface area contributed by atoms with Gasteiger partial charge in [-0.2, -0.15) is 0 Å². The van der Waals surface area contributed by atoms with E-state index < -0.39 is 16.2 Å². The average molecular weight is 1890 g/mol. The van der Waals surface area contributed by atoms with Crippen molar-refractivity contribution in [1.82, 2.24) is 0 Å². The van der Waals surface area contributed by atoms with Crippen LogP contribution in [-0.4, -0.2) is 0 Å². The first-order valence-electron chi connectivity index (χ1n) is 49.8. The van der Waals surface area contributed by atoms with Crippen molar-refractivity contribution in [3.63, 3.8) is 0 Å². The summed E-state index contributed by atoms with van der Waals surface area (Å²) < 4.78 is 45.0. The summed E-state index contributed by atoms with van der Waals surface area (Å²) in [6, 6.07) is 192. The van der Waals surface area contributed by atoms with Crippen LogP contribution in [0.25, 0.3) is 67.8 Å². The van der Waals surface area contributed by atoms with Crippen LogP contribution in [-0.2, 0) is 16.2 Å². The molecule has 0 aromatic heterocycles. The van der Waals surface area contributed by atoms with E-state index in [2.05, 4.69) is 470 Å². The molecule has 0 bridgehead atoms. The second-order valence-corrected chi connectivity index (χ2v) is 37.7. The molecule has 0 N–H and O–H groups in total. The zero-order chi connectivity index (χ0) is 98.5. The Bertz CT molecular complexity index is 8150. The van der Waals surface area contributed by atoms with Gasteiger partial charge in [0.2, 0.25) is 0 Å². The quantitative estimate of drug-likeness (QED) is 0.0537. The summed E-state index contributed by atoms with van der Waals surface area (Å²) in [4.78, 5) is 9.42. The summed E-state index contributed by atoms with van der Waals surface area (Å²) in [6.45, 7) is 7.86. The predicted octanol–water partition coefficient (Wildman–Crippen LogP) is 37.1. The first-order chi connectivity index (χ1) is 72.5. The lowest BCUT2D eigenvalue weighted by molar-refractivity contribution is 0.482. The Hall–Kier alpha value is -19.0. The Morgan fingerprint density at radius 3 is 0.646 bits per heavy atom. The smallest absolute Gasteiger partial charge is 0.127 e. The van der Waals surface area contributed by atoms with Gasteiger partial charge in [0.05, 0.1) is 16.2 Å². The maximum atomic E-state index is 16.1. The van der Waals surface area contributed by atoms with Gasteiger partial charge in [-0.25, -0.2) is 8.78 Å². The minimum atomic E-state index is -0.915. The van der Waals surface area contributed by atoms with Crippen molar-refractivity contribution in [2.75, 3.05) is 19.6 Å². The summed E-state index contributed by atoms with van der Waals surface area (Å²) in [6.07, 6.45) is 3.64. The molecule has 0 aliphatic heterocycles. The van der Waals surface area contributed by atoms with E-state index in [1.807, 2.05) is 97.1 Å². The summed E-state index contributed by atoms with van der Waals surface area (Å²) in [5, 5.41) is 0. The molecule has 147 heavy (non-hydrogen) atoms. The fraction of sp³-hybridized carbons (Fsp3) is 0.0216. The molecule has 25 rings (SSSR count). The van der Waals surface area contributed by atoms with Gasteiger partial charge < -0.3 is 29.1 Å². The highest BCUT2D eigenvalue weighted by Crippen LogP contribution is 2.63. The minimum Gasteiger partial charge on any atom is -0.457 e. The van der Waals surface area contributed by atoms with Gasteiger partial charge >= 0.3 is 0 Å². The molecule has 2 unspecified atom stereocenters. The molecule has 3 aliphatic rings. The standard InChI is InChI=1S/C139H96F2N4O2/c1-3-95-49-77-121(78-50-95)146-123-81-61-103(62-82-123)138(105-33-27-35-107(140)89-105)131-47-25-23-45-125(131)127-85-73-119(93-135(127)138)144(111-41-19-9-20-42-111)115-69-57-99(58-70-115)97-53-65-113(66-54-97)142(109-37-15-7-16-38-109)117-75-87-129-130-88-76-118(92-134(130)137(133(129)91-117,101-29-11-5-12-30-101)102-31-13-6-14-32-102)143(110-39-17-8-18-40-110)114-67-55-98(56-68-114)100-59-71-116(72-60-100)145(112-43-21-10-22-44-112)120-74-86-128-126-46-24-26-48-132(126)139(136(128)94-120,106-34-28-36-108(141)90-106)104-63-83-124(84-64-104)147-122-79-51-96(4-2)52-80-122/h3-94H,1-2H2. The molecule has 0 radical (unpaired) electrons. The van der Waals surface area contributed by atoms with E-state index >= 15 is 8.78 Å². The number of hydrogen-bond acceptors (Lipinski definition) is 6. The summed E-state index contributed by atoms with van der Waals surface area (Å²) in [5.41, 5.74) is 34.8. The Labute approximate surface area is 855 Å². The number of nitrogens with zero attached hydrogens (tertiary/aromatic N) is 4. The van der Waals surface area contributed by atoms with Crippen LogP contribution in [0.3, 0.4) is 0 Å². The molecule has 0 saturated heterocycles. The van der Waals surface area contributed by atoms with Crippen LogP contribution >= 0.6 is 0 Å². The second kappa shape index (κ2) is 37.8. The van der Waals surface area contributed by atoms with E-state index in [0.29, 0.717) is 11.5 Å². The number of ether oxygens (including phenoxy) is 2. The van der Waals surface area contributed by atoms with E-state index in [0.717, 1.165) is 202 Å². The van der Waals surface area contributed by atoms with Crippen molar-refractivity contribution in [3.05, 3.63) is 649 Å². The highest BCUT2D eigenvalue weighted by atomic mass is 19.1. The van der Waals surface area contributed by atoms with Gasteiger partial charge in [0.15, 0.2) is 0 Å². The molecule has 0 fully saturated rings. The number of benzene rings is 22. The van der Waals surface area contributed by atoms with E-state index in [4.69, 9.17) is 9.47 Å². The molecule has 22 aromatic rings. The molecule has 22 aromatic carbocycles. The van der Waals surface area contributed by atoms with E-state index in [1.54, 1.807) is 12.1 Å². The number of halogens is 2. The largest absolute Gasteiger partial charge is 0.457 e. The second-order valence-electron chi connectivity index (χ2n) is 37.7. The van der Waals surface area contributed by atoms with Gasteiger partial charge in [-0.1, -0.05) is 353 Å². The third-order valence-corrected chi connectivity index (χ3v) is 29.6. The number of rotatable bonds is 26. The lowest BCUT2D eigenvalue weighted by atomic mass is 9.67. The monoisotopic (exact) mass is 1890 g/mol. The zero-order valence-corrected chi connectivity index (χ0v) is 80.4. The van der Waals surface area contributed by atoms with Crippen LogP contribution in [0.1, 0.15) is 77.9 Å². The van der Waals surface area contributed by atoms with Crippen molar-refractivity contribution in [3.8, 4) is 78.6 Å². The molecule has 2 atom stereocenters. The number of hydrogen-bond donors (Lipinski definition) is 0. The Morgan fingerprint density at radius 1 is 0.170 bits per heavy atom. The third-order valence-electron chi connectivity index (χ3n) is 29.6. The molecule has 6 nitrogen and oxygen atoms in total. The van der Waals surface area contributed by atoms with Gasteiger partial charge in [0, 0.05) is 68.2 Å². The van der Waals surface area contributed by atoms with Crippen LogP contribution in [0.2, 0.25) is 0 Å². The molecule has 8 heteroatoms. The van der Waals surface area contributed by atoms with Gasteiger partial charge in [-0.3, -0.25) is 0 Å². The van der Waals surface area contributed by atoms with E-state index in [-0.39, 0.29) is 11.6 Å². The third kappa shape index (κ3) is 15.7. The van der Waals surface area contributed by atoms with Crippen LogP contribution in [0.4, 0.5) is 77.0 Å². The van der Waals surface area contributed by atoms with Gasteiger partial charge in [0.25, 0.3) is 0 Å². The molecule has 0 saturated carbocycles. The molecule has 3 aliphatic carbocycles. The maximum absolute atomic E-state index is 16.1. The van der Waals surface area contributed by atoms with Crippen molar-refractivity contribution >= 4 is 80.4 Å². The van der Waals surface area contributed by atoms with Crippen molar-refractivity contribution in [2.45, 2.75) is 16.2 Å². The highest BCUT2D eigenvalue weighted by Gasteiger charge is 2.51. The van der Waals surface area contributed by atoms with Gasteiger partial charge in [0.1, 0.15) is 34.6 Å². The molecular formula is C139H96F2N4O2. The van der Waals surface area contributed by atoms with Gasteiger partial charge in [-0.15, -0.1) is 0 Å². The summed E-state index contributed by atoms with van der Waals surface area (Å²) in [5.74, 6) is 2.20. The average Bonchev–Trinajstić information content (AvgIpc) is 1.54.